The quantitative estimate of drug-likeness (QED) is 0.282. The number of nitrogens with zero attached hydrogens (tertiary/aromatic N) is 1. The van der Waals surface area contributed by atoms with Crippen LogP contribution >= 0.6 is 15.9 Å². The van der Waals surface area contributed by atoms with E-state index in [0.717, 1.165) is 0 Å². The lowest BCUT2D eigenvalue weighted by Crippen LogP contribution is -2.43. The molecule has 0 spiro atoms. The molecule has 9 heteroatoms. The normalized spacial score (nSPS) is 15.3. The molecule has 5 nitrogen and oxygen atoms in total. The summed E-state index contributed by atoms with van der Waals surface area (Å²) in [7, 11) is 1.59. The average Bonchev–Trinajstić information content (AvgIpc) is 2.41. The van der Waals surface area contributed by atoms with Crippen molar-refractivity contribution >= 4 is 27.6 Å². The summed E-state index contributed by atoms with van der Waals surface area (Å²) in [4.78, 5) is 11.7. The minimum Gasteiger partial charge on any atom is -0.459 e. The number of alkyl halides is 3. The first-order valence-corrected chi connectivity index (χ1v) is 7.88. The second-order valence-corrected chi connectivity index (χ2v) is 6.31. The Morgan fingerprint density at radius 3 is 2.26 bits per heavy atom. The molecular formula is C14H23BrF3N3O2. The molecule has 0 aliphatic heterocycles. The molecule has 0 aromatic rings. The van der Waals surface area contributed by atoms with Crippen molar-refractivity contribution in [2.45, 2.75) is 52.4 Å². The van der Waals surface area contributed by atoms with Gasteiger partial charge >= 0.3 is 12.1 Å². The van der Waals surface area contributed by atoms with Gasteiger partial charge < -0.3 is 15.2 Å². The van der Waals surface area contributed by atoms with Gasteiger partial charge in [0.15, 0.2) is 0 Å². The highest BCUT2D eigenvalue weighted by Crippen LogP contribution is 2.24. The summed E-state index contributed by atoms with van der Waals surface area (Å²) in [5.74, 6) is -1.03. The fraction of sp³-hybridized carbons (Fsp3) is 0.714. The van der Waals surface area contributed by atoms with E-state index < -0.39 is 30.2 Å². The van der Waals surface area contributed by atoms with E-state index in [1.807, 2.05) is 0 Å². The molecule has 0 amide bonds. The lowest BCUT2D eigenvalue weighted by molar-refractivity contribution is -0.141. The molecule has 0 rings (SSSR count). The Morgan fingerprint density at radius 2 is 1.87 bits per heavy atom. The number of hydrazine groups is 1. The number of ether oxygens (including phenoxy) is 1. The summed E-state index contributed by atoms with van der Waals surface area (Å²) in [5, 5.41) is 8.59. The lowest BCUT2D eigenvalue weighted by atomic mass is 9.96. The van der Waals surface area contributed by atoms with Gasteiger partial charge in [0, 0.05) is 19.3 Å². The number of esters is 1. The number of hydrogen-bond donors (Lipinski definition) is 2. The zero-order chi connectivity index (χ0) is 18.4. The molecule has 23 heavy (non-hydrogen) atoms. The van der Waals surface area contributed by atoms with Gasteiger partial charge in [-0.3, -0.25) is 0 Å². The number of hydrogen-bond acceptors (Lipinski definition) is 5. The summed E-state index contributed by atoms with van der Waals surface area (Å²) in [5.41, 5.74) is 1.53. The van der Waals surface area contributed by atoms with E-state index in [1.54, 1.807) is 34.7 Å². The third kappa shape index (κ3) is 7.83. The molecule has 2 N–H and O–H groups in total. The molecule has 0 aliphatic rings. The van der Waals surface area contributed by atoms with Crippen molar-refractivity contribution in [2.75, 3.05) is 7.05 Å². The monoisotopic (exact) mass is 401 g/mol. The molecule has 0 bridgehead atoms. The number of carbonyl (C=O) groups is 1. The molecule has 0 heterocycles. The first-order valence-electron chi connectivity index (χ1n) is 7.08. The van der Waals surface area contributed by atoms with Crippen molar-refractivity contribution in [2.24, 2.45) is 5.92 Å². The lowest BCUT2D eigenvalue weighted by Gasteiger charge is -2.32. The molecule has 134 valence electrons. The van der Waals surface area contributed by atoms with Crippen LogP contribution in [0, 0.1) is 11.3 Å². The highest BCUT2D eigenvalue weighted by Gasteiger charge is 2.36. The molecule has 0 fully saturated rings. The summed E-state index contributed by atoms with van der Waals surface area (Å²) >= 11 is 3.10. The van der Waals surface area contributed by atoms with Gasteiger partial charge in [0.1, 0.15) is 10.2 Å². The largest absolute Gasteiger partial charge is 0.459 e. The summed E-state index contributed by atoms with van der Waals surface area (Å²) in [6, 6.07) is -0.387. The van der Waals surface area contributed by atoms with Gasteiger partial charge in [0.2, 0.25) is 0 Å². The van der Waals surface area contributed by atoms with Gasteiger partial charge in [0.25, 0.3) is 0 Å². The maximum atomic E-state index is 12.5. The van der Waals surface area contributed by atoms with Crippen LogP contribution in [0.15, 0.2) is 10.7 Å². The number of rotatable bonds is 8. The van der Waals surface area contributed by atoms with Crippen molar-refractivity contribution in [3.63, 3.8) is 0 Å². The Bertz CT molecular complexity index is 453. The minimum atomic E-state index is -4.62. The third-order valence-corrected chi connectivity index (χ3v) is 3.71. The minimum absolute atomic E-state index is 0.144. The Labute approximate surface area is 142 Å². The van der Waals surface area contributed by atoms with E-state index in [9.17, 15) is 18.0 Å². The smallest absolute Gasteiger partial charge is 0.428 e. The Hall–Kier alpha value is -1.09. The van der Waals surface area contributed by atoms with Crippen LogP contribution in [-0.2, 0) is 9.53 Å². The number of nitrogens with one attached hydrogen (secondary N) is 2. The van der Waals surface area contributed by atoms with E-state index >= 15 is 0 Å². The van der Waals surface area contributed by atoms with E-state index in [2.05, 4.69) is 21.4 Å². The fourth-order valence-corrected chi connectivity index (χ4v) is 2.03. The van der Waals surface area contributed by atoms with Gasteiger partial charge in [-0.15, -0.1) is 0 Å². The van der Waals surface area contributed by atoms with Crippen molar-refractivity contribution in [3.05, 3.63) is 10.7 Å². The van der Waals surface area contributed by atoms with Gasteiger partial charge in [0.05, 0.1) is 6.10 Å². The van der Waals surface area contributed by atoms with Crippen LogP contribution in [0.1, 0.15) is 34.1 Å². The zero-order valence-electron chi connectivity index (χ0n) is 13.8. The van der Waals surface area contributed by atoms with E-state index in [4.69, 9.17) is 10.1 Å². The van der Waals surface area contributed by atoms with Gasteiger partial charge in [-0.2, -0.15) is 13.2 Å². The van der Waals surface area contributed by atoms with Crippen molar-refractivity contribution < 1.29 is 22.7 Å². The molecule has 1 unspecified atom stereocenters. The van der Waals surface area contributed by atoms with E-state index in [0.29, 0.717) is 0 Å². The Kier molecular flexibility index (Phi) is 8.83. The maximum Gasteiger partial charge on any atom is 0.428 e. The van der Waals surface area contributed by atoms with Crippen LogP contribution in [0.2, 0.25) is 0 Å². The van der Waals surface area contributed by atoms with Crippen molar-refractivity contribution in [1.82, 2.24) is 10.4 Å². The predicted octanol–water partition coefficient (Wildman–Crippen LogP) is 3.61. The highest BCUT2D eigenvalue weighted by atomic mass is 79.9. The van der Waals surface area contributed by atoms with E-state index in [1.165, 1.54) is 11.2 Å². The summed E-state index contributed by atoms with van der Waals surface area (Å²) in [6.07, 6.45) is -3.89. The van der Waals surface area contributed by atoms with Crippen molar-refractivity contribution in [3.8, 4) is 0 Å². The Balaban J connectivity index is 4.95. The third-order valence-electron chi connectivity index (χ3n) is 3.18. The maximum absolute atomic E-state index is 12.5. The van der Waals surface area contributed by atoms with Crippen molar-refractivity contribution in [1.29, 1.82) is 5.41 Å². The number of carbonyl (C=O) groups excluding carboxylic acids is 1. The highest BCUT2D eigenvalue weighted by molar-refractivity contribution is 9.12. The SMILES string of the molecule is CNN(/C=C(\Br)C(=O)OC(C)C)[C@@H](C)C(C)CC(=N)C(F)(F)F. The van der Waals surface area contributed by atoms with E-state index in [-0.39, 0.29) is 16.6 Å². The first-order chi connectivity index (χ1) is 10.4. The fourth-order valence-electron chi connectivity index (χ4n) is 1.71. The molecule has 0 aromatic carbocycles. The molecule has 2 atom stereocenters. The van der Waals surface area contributed by atoms with Gasteiger partial charge in [-0.1, -0.05) is 6.92 Å². The number of halogens is 4. The van der Waals surface area contributed by atoms with Gasteiger partial charge in [-0.05, 0) is 49.0 Å². The standard InChI is InChI=1S/C14H23BrF3N3O2/c1-8(2)23-13(22)11(15)7-21(20-5)10(4)9(3)6-12(19)14(16,17)18/h7-10,19-20H,6H2,1-5H3/b11-7-,19-12?/t9?,10-/m0/s1. The van der Waals surface area contributed by atoms with Crippen LogP contribution in [-0.4, -0.2) is 42.1 Å². The zero-order valence-corrected chi connectivity index (χ0v) is 15.4. The second kappa shape index (κ2) is 9.27. The molecule has 0 radical (unpaired) electrons. The molecule has 0 aromatic heterocycles. The molecule has 0 aliphatic carbocycles. The second-order valence-electron chi connectivity index (χ2n) is 5.46. The Morgan fingerprint density at radius 1 is 1.35 bits per heavy atom. The van der Waals surface area contributed by atoms with Gasteiger partial charge in [-0.25, -0.2) is 10.2 Å². The summed E-state index contributed by atoms with van der Waals surface area (Å²) in [6.45, 7) is 6.74. The van der Waals surface area contributed by atoms with Crippen LogP contribution < -0.4 is 5.43 Å². The van der Waals surface area contributed by atoms with Crippen LogP contribution in [0.3, 0.4) is 0 Å². The van der Waals surface area contributed by atoms with Crippen LogP contribution in [0.25, 0.3) is 0 Å². The topological polar surface area (TPSA) is 65.4 Å². The van der Waals surface area contributed by atoms with Crippen LogP contribution in [0.4, 0.5) is 13.2 Å². The van der Waals surface area contributed by atoms with Crippen LogP contribution in [0.5, 0.6) is 0 Å². The first kappa shape index (κ1) is 21.9. The summed E-state index contributed by atoms with van der Waals surface area (Å²) < 4.78 is 42.5. The predicted molar refractivity (Wildman–Crippen MR) is 86.2 cm³/mol. The molecular weight excluding hydrogens is 379 g/mol. The average molecular weight is 402 g/mol. The molecule has 0 saturated heterocycles. The molecule has 0 saturated carbocycles.